The number of carbonyl (C=O) groups excluding carboxylic acids is 1. The van der Waals surface area contributed by atoms with E-state index < -0.39 is 0 Å². The monoisotopic (exact) mass is 280 g/mol. The number of carbonyl (C=O) groups is 1. The van der Waals surface area contributed by atoms with Gasteiger partial charge in [0.2, 0.25) is 5.91 Å². The number of nitrogens with one attached hydrogen (secondary N) is 2. The first-order valence-electron chi connectivity index (χ1n) is 6.21. The van der Waals surface area contributed by atoms with E-state index in [1.54, 1.807) is 4.68 Å². The van der Waals surface area contributed by atoms with E-state index in [1.165, 1.54) is 0 Å². The molecular formula is C13H17ClN4O. The van der Waals surface area contributed by atoms with Crippen LogP contribution in [-0.4, -0.2) is 35.3 Å². The van der Waals surface area contributed by atoms with Gasteiger partial charge in [0.25, 0.3) is 0 Å². The van der Waals surface area contributed by atoms with Crippen molar-refractivity contribution in [3.8, 4) is 0 Å². The molecule has 2 N–H and O–H groups in total. The molecule has 1 amide bonds. The molecule has 1 aliphatic heterocycles. The molecule has 1 aromatic heterocycles. The summed E-state index contributed by atoms with van der Waals surface area (Å²) in [6.07, 6.45) is 1.90. The molecular weight excluding hydrogens is 264 g/mol. The van der Waals surface area contributed by atoms with E-state index in [1.807, 2.05) is 30.5 Å². The van der Waals surface area contributed by atoms with Gasteiger partial charge in [0.15, 0.2) is 0 Å². The van der Waals surface area contributed by atoms with E-state index in [9.17, 15) is 4.79 Å². The Kier molecular flexibility index (Phi) is 4.39. The molecule has 0 saturated carbocycles. The van der Waals surface area contributed by atoms with E-state index in [-0.39, 0.29) is 24.9 Å². The third kappa shape index (κ3) is 3.24. The van der Waals surface area contributed by atoms with Crippen LogP contribution in [0, 0.1) is 5.92 Å². The van der Waals surface area contributed by atoms with Crippen LogP contribution in [0.1, 0.15) is 0 Å². The highest BCUT2D eigenvalue weighted by Crippen LogP contribution is 2.10. The molecule has 2 aromatic rings. The van der Waals surface area contributed by atoms with Gasteiger partial charge in [-0.3, -0.25) is 9.48 Å². The molecule has 1 saturated heterocycles. The number of nitrogens with zero attached hydrogens (tertiary/aromatic N) is 2. The van der Waals surface area contributed by atoms with Gasteiger partial charge in [0.05, 0.1) is 5.52 Å². The number of halogens is 1. The molecule has 1 aliphatic rings. The van der Waals surface area contributed by atoms with E-state index in [0.717, 1.165) is 30.5 Å². The Morgan fingerprint density at radius 1 is 1.42 bits per heavy atom. The molecule has 102 valence electrons. The van der Waals surface area contributed by atoms with Crippen molar-refractivity contribution in [3.05, 3.63) is 30.5 Å². The number of benzene rings is 1. The summed E-state index contributed by atoms with van der Waals surface area (Å²) in [6, 6.07) is 7.86. The second-order valence-corrected chi connectivity index (χ2v) is 4.71. The molecule has 3 rings (SSSR count). The maximum Gasteiger partial charge on any atom is 0.241 e. The molecule has 19 heavy (non-hydrogen) atoms. The molecule has 6 heteroatoms. The van der Waals surface area contributed by atoms with Crippen molar-refractivity contribution in [3.63, 3.8) is 0 Å². The molecule has 0 bridgehead atoms. The summed E-state index contributed by atoms with van der Waals surface area (Å²) in [4.78, 5) is 11.7. The Morgan fingerprint density at radius 3 is 2.89 bits per heavy atom. The lowest BCUT2D eigenvalue weighted by Crippen LogP contribution is -2.48. The summed E-state index contributed by atoms with van der Waals surface area (Å²) >= 11 is 0. The standard InChI is InChI=1S/C13H16N4O.ClH/c18-13(15-7-10-5-14-6-10)9-17-8-11-3-1-2-4-12(11)16-17;/h1-4,8,10,14H,5-7,9H2,(H,15,18);1H. The van der Waals surface area contributed by atoms with E-state index in [4.69, 9.17) is 0 Å². The Morgan fingerprint density at radius 2 is 2.21 bits per heavy atom. The van der Waals surface area contributed by atoms with Crippen LogP contribution in [0.15, 0.2) is 30.5 Å². The predicted octanol–water partition coefficient (Wildman–Crippen LogP) is 0.794. The van der Waals surface area contributed by atoms with Gasteiger partial charge in [-0.25, -0.2) is 0 Å². The summed E-state index contributed by atoms with van der Waals surface area (Å²) in [5.41, 5.74) is 0.925. The number of fused-ring (bicyclic) bond motifs is 1. The second kappa shape index (κ2) is 6.04. The van der Waals surface area contributed by atoms with Crippen LogP contribution in [-0.2, 0) is 11.3 Å². The third-order valence-electron chi connectivity index (χ3n) is 3.22. The SMILES string of the molecule is Cl.O=C(Cn1cc2ccccc2n1)NCC1CNC1. The summed E-state index contributed by atoms with van der Waals surface area (Å²) in [5.74, 6) is 0.611. The largest absolute Gasteiger partial charge is 0.354 e. The normalized spacial score (nSPS) is 14.7. The van der Waals surface area contributed by atoms with Gasteiger partial charge in [-0.05, 0) is 6.07 Å². The zero-order valence-corrected chi connectivity index (χ0v) is 11.3. The number of rotatable bonds is 4. The minimum Gasteiger partial charge on any atom is -0.354 e. The fourth-order valence-electron chi connectivity index (χ4n) is 2.05. The van der Waals surface area contributed by atoms with Gasteiger partial charge in [-0.15, -0.1) is 12.4 Å². The van der Waals surface area contributed by atoms with Crippen molar-refractivity contribution in [2.75, 3.05) is 19.6 Å². The van der Waals surface area contributed by atoms with Gasteiger partial charge in [0.1, 0.15) is 6.54 Å². The number of amides is 1. The average Bonchev–Trinajstić information content (AvgIpc) is 2.68. The maximum absolute atomic E-state index is 11.7. The van der Waals surface area contributed by atoms with Crippen molar-refractivity contribution in [1.82, 2.24) is 20.4 Å². The molecule has 2 heterocycles. The molecule has 0 atom stereocenters. The van der Waals surface area contributed by atoms with E-state index in [0.29, 0.717) is 5.92 Å². The minimum atomic E-state index is 0. The third-order valence-corrected chi connectivity index (χ3v) is 3.22. The van der Waals surface area contributed by atoms with Gasteiger partial charge < -0.3 is 10.6 Å². The first-order chi connectivity index (χ1) is 8.81. The molecule has 0 radical (unpaired) electrons. The number of aromatic nitrogens is 2. The highest BCUT2D eigenvalue weighted by molar-refractivity contribution is 5.85. The van der Waals surface area contributed by atoms with Gasteiger partial charge in [-0.1, -0.05) is 18.2 Å². The summed E-state index contributed by atoms with van der Waals surface area (Å²) in [6.45, 7) is 3.05. The Hall–Kier alpha value is -1.59. The first kappa shape index (κ1) is 13.8. The number of hydrogen-bond acceptors (Lipinski definition) is 3. The van der Waals surface area contributed by atoms with Crippen LogP contribution in [0.3, 0.4) is 0 Å². The van der Waals surface area contributed by atoms with Crippen molar-refractivity contribution in [2.24, 2.45) is 5.92 Å². The summed E-state index contributed by atoms with van der Waals surface area (Å²) in [5, 5.41) is 11.5. The van der Waals surface area contributed by atoms with Crippen molar-refractivity contribution >= 4 is 29.2 Å². The van der Waals surface area contributed by atoms with Crippen molar-refractivity contribution in [2.45, 2.75) is 6.54 Å². The quantitative estimate of drug-likeness (QED) is 0.871. The predicted molar refractivity (Wildman–Crippen MR) is 76.4 cm³/mol. The highest BCUT2D eigenvalue weighted by Gasteiger charge is 2.17. The summed E-state index contributed by atoms with van der Waals surface area (Å²) in [7, 11) is 0. The molecule has 1 fully saturated rings. The lowest BCUT2D eigenvalue weighted by Gasteiger charge is -2.27. The Balaban J connectivity index is 0.00000133. The smallest absolute Gasteiger partial charge is 0.241 e. The van der Waals surface area contributed by atoms with Crippen molar-refractivity contribution in [1.29, 1.82) is 0 Å². The highest BCUT2D eigenvalue weighted by atomic mass is 35.5. The Labute approximate surface area is 117 Å². The van der Waals surface area contributed by atoms with Gasteiger partial charge in [0, 0.05) is 37.1 Å². The Bertz CT molecular complexity index is 532. The second-order valence-electron chi connectivity index (χ2n) is 4.71. The molecule has 0 aliphatic carbocycles. The van der Waals surface area contributed by atoms with Crippen LogP contribution in [0.2, 0.25) is 0 Å². The summed E-state index contributed by atoms with van der Waals surface area (Å²) < 4.78 is 1.69. The van der Waals surface area contributed by atoms with E-state index >= 15 is 0 Å². The van der Waals surface area contributed by atoms with Crippen LogP contribution < -0.4 is 10.6 Å². The van der Waals surface area contributed by atoms with Gasteiger partial charge in [-0.2, -0.15) is 5.10 Å². The van der Waals surface area contributed by atoms with Crippen LogP contribution >= 0.6 is 12.4 Å². The van der Waals surface area contributed by atoms with Gasteiger partial charge >= 0.3 is 0 Å². The van der Waals surface area contributed by atoms with Crippen LogP contribution in [0.25, 0.3) is 10.9 Å². The minimum absolute atomic E-state index is 0. The maximum atomic E-state index is 11.7. The fourth-order valence-corrected chi connectivity index (χ4v) is 2.05. The topological polar surface area (TPSA) is 59.0 Å². The molecule has 0 spiro atoms. The van der Waals surface area contributed by atoms with Crippen LogP contribution in [0.4, 0.5) is 0 Å². The van der Waals surface area contributed by atoms with E-state index in [2.05, 4.69) is 15.7 Å². The molecule has 0 unspecified atom stereocenters. The average molecular weight is 281 g/mol. The number of hydrogen-bond donors (Lipinski definition) is 2. The zero-order chi connectivity index (χ0) is 12.4. The lowest BCUT2D eigenvalue weighted by atomic mass is 10.0. The molecule has 1 aromatic carbocycles. The fraction of sp³-hybridized carbons (Fsp3) is 0.385. The van der Waals surface area contributed by atoms with Crippen molar-refractivity contribution < 1.29 is 4.79 Å². The molecule has 5 nitrogen and oxygen atoms in total. The lowest BCUT2D eigenvalue weighted by molar-refractivity contribution is -0.122. The first-order valence-corrected chi connectivity index (χ1v) is 6.21. The van der Waals surface area contributed by atoms with Crippen LogP contribution in [0.5, 0.6) is 0 Å². The zero-order valence-electron chi connectivity index (χ0n) is 10.5.